The molecule has 4 amide bonds. The first-order valence-electron chi connectivity index (χ1n) is 15.3. The molecule has 2 N–H and O–H groups in total. The first kappa shape index (κ1) is 32.6. The van der Waals surface area contributed by atoms with Gasteiger partial charge in [-0.3, -0.25) is 19.4 Å². The Morgan fingerprint density at radius 1 is 0.727 bits per heavy atom. The van der Waals surface area contributed by atoms with E-state index in [2.05, 4.69) is 22.5 Å². The molecule has 0 unspecified atom stereocenters. The number of allylic oxidation sites excluding steroid dienone is 4. The maximum absolute atomic E-state index is 13.0. The van der Waals surface area contributed by atoms with Gasteiger partial charge in [-0.2, -0.15) is 0 Å². The highest BCUT2D eigenvalue weighted by atomic mass is 16.6. The average molecular weight is 605 g/mol. The van der Waals surface area contributed by atoms with Gasteiger partial charge < -0.3 is 20.1 Å². The molecule has 2 saturated heterocycles. The maximum atomic E-state index is 13.0. The van der Waals surface area contributed by atoms with Gasteiger partial charge in [0.05, 0.1) is 0 Å². The second-order valence-electron chi connectivity index (χ2n) is 13.4. The minimum Gasteiger partial charge on any atom is -0.444 e. The second-order valence-corrected chi connectivity index (χ2v) is 13.4. The van der Waals surface area contributed by atoms with Crippen molar-refractivity contribution in [2.45, 2.75) is 103 Å². The predicted octanol–water partition coefficient (Wildman–Crippen LogP) is 5.50. The fourth-order valence-corrected chi connectivity index (χ4v) is 5.26. The summed E-state index contributed by atoms with van der Waals surface area (Å²) in [6.45, 7) is 11.8. The monoisotopic (exact) mass is 604 g/mol. The topological polar surface area (TPSA) is 117 Å². The van der Waals surface area contributed by atoms with Gasteiger partial charge in [-0.15, -0.1) is 0 Å². The molecule has 0 bridgehead atoms. The third-order valence-corrected chi connectivity index (χ3v) is 7.32. The first-order chi connectivity index (χ1) is 20.7. The Kier molecular flexibility index (Phi) is 10.1. The van der Waals surface area contributed by atoms with Gasteiger partial charge in [0.15, 0.2) is 0 Å². The van der Waals surface area contributed by atoms with Gasteiger partial charge in [0.25, 0.3) is 0 Å². The molecule has 1 aromatic carbocycles. The highest BCUT2D eigenvalue weighted by Crippen LogP contribution is 2.24. The van der Waals surface area contributed by atoms with Gasteiger partial charge in [0, 0.05) is 35.6 Å². The van der Waals surface area contributed by atoms with Crippen molar-refractivity contribution >= 4 is 29.7 Å². The van der Waals surface area contributed by atoms with Gasteiger partial charge in [0.2, 0.25) is 11.8 Å². The van der Waals surface area contributed by atoms with Crippen LogP contribution in [0.1, 0.15) is 85.6 Å². The number of carbonyl (C=O) groups is 4. The Bertz CT molecular complexity index is 1390. The van der Waals surface area contributed by atoms with E-state index in [1.54, 1.807) is 32.9 Å². The van der Waals surface area contributed by atoms with Gasteiger partial charge >= 0.3 is 12.2 Å². The van der Waals surface area contributed by atoms with Crippen LogP contribution < -0.4 is 10.6 Å². The summed E-state index contributed by atoms with van der Waals surface area (Å²) in [5, 5.41) is 5.88. The Morgan fingerprint density at radius 2 is 1.25 bits per heavy atom. The normalized spacial score (nSPS) is 20.1. The van der Waals surface area contributed by atoms with E-state index >= 15 is 0 Å². The van der Waals surface area contributed by atoms with Crippen molar-refractivity contribution in [1.82, 2.24) is 15.1 Å². The van der Waals surface area contributed by atoms with Crippen molar-refractivity contribution in [3.05, 3.63) is 53.3 Å². The van der Waals surface area contributed by atoms with Crippen molar-refractivity contribution in [2.75, 3.05) is 18.4 Å². The second kappa shape index (κ2) is 13.6. The van der Waals surface area contributed by atoms with Crippen molar-refractivity contribution in [2.24, 2.45) is 0 Å². The van der Waals surface area contributed by atoms with Crippen molar-refractivity contribution < 1.29 is 28.7 Å². The van der Waals surface area contributed by atoms with E-state index in [0.29, 0.717) is 44.5 Å². The van der Waals surface area contributed by atoms with E-state index in [-0.39, 0.29) is 11.8 Å². The fourth-order valence-electron chi connectivity index (χ4n) is 5.26. The molecular weight excluding hydrogens is 560 g/mol. The molecule has 3 aliphatic rings. The summed E-state index contributed by atoms with van der Waals surface area (Å²) < 4.78 is 10.9. The summed E-state index contributed by atoms with van der Waals surface area (Å²) in [7, 11) is 0. The molecule has 1 aromatic rings. The summed E-state index contributed by atoms with van der Waals surface area (Å²) in [4.78, 5) is 54.0. The van der Waals surface area contributed by atoms with E-state index in [1.165, 1.54) is 9.80 Å². The lowest BCUT2D eigenvalue weighted by Gasteiger charge is -2.28. The molecule has 2 atom stereocenters. The van der Waals surface area contributed by atoms with Crippen LogP contribution in [0.2, 0.25) is 0 Å². The number of amides is 4. The minimum absolute atomic E-state index is 0.194. The Labute approximate surface area is 260 Å². The number of ether oxygens (including phenoxy) is 2. The van der Waals surface area contributed by atoms with Gasteiger partial charge in [-0.25, -0.2) is 9.59 Å². The number of anilines is 1. The molecule has 2 heterocycles. The van der Waals surface area contributed by atoms with Gasteiger partial charge in [-0.05, 0) is 116 Å². The Morgan fingerprint density at radius 3 is 1.73 bits per heavy atom. The molecule has 2 aliphatic heterocycles. The highest BCUT2D eigenvalue weighted by molar-refractivity contribution is 5.97. The van der Waals surface area contributed by atoms with Gasteiger partial charge in [0.1, 0.15) is 23.3 Å². The Balaban J connectivity index is 1.29. The minimum atomic E-state index is -0.623. The molecule has 0 aromatic heterocycles. The van der Waals surface area contributed by atoms with Crippen LogP contribution in [0.15, 0.2) is 47.7 Å². The summed E-state index contributed by atoms with van der Waals surface area (Å²) in [6.07, 6.45) is 6.86. The van der Waals surface area contributed by atoms with Crippen LogP contribution in [0, 0.1) is 11.8 Å². The van der Waals surface area contributed by atoms with E-state index in [1.807, 2.05) is 45.1 Å². The van der Waals surface area contributed by atoms with Crippen LogP contribution >= 0.6 is 0 Å². The van der Waals surface area contributed by atoms with Crippen LogP contribution in [-0.4, -0.2) is 70.2 Å². The first-order valence-corrected chi connectivity index (χ1v) is 15.3. The van der Waals surface area contributed by atoms with E-state index in [0.717, 1.165) is 29.7 Å². The standard InChI is InChI=1S/C34H44N4O6/c1-33(2,3)43-31(41)37-21-7-9-27(37)29(39)35-25-17-13-23(14-18-25)11-12-24-15-19-26(20-16-24)36-30(40)28-10-8-22-38(28)32(42)44-34(4,5)6/h13-15,17-19,27-28H,7-10,16,20-22H2,1-6H3,(H,35,39)(H,36,40)/t27-,28-/m0/s1. The molecule has 1 aliphatic carbocycles. The third-order valence-electron chi connectivity index (χ3n) is 7.32. The maximum Gasteiger partial charge on any atom is 0.410 e. The number of carbonyl (C=O) groups excluding carboxylic acids is 4. The van der Waals surface area contributed by atoms with Crippen LogP contribution in [0.4, 0.5) is 15.3 Å². The zero-order valence-electron chi connectivity index (χ0n) is 26.6. The largest absolute Gasteiger partial charge is 0.444 e. The molecule has 236 valence electrons. The van der Waals surface area contributed by atoms with Gasteiger partial charge in [-0.1, -0.05) is 11.8 Å². The van der Waals surface area contributed by atoms with E-state index < -0.39 is 35.5 Å². The summed E-state index contributed by atoms with van der Waals surface area (Å²) in [5.41, 5.74) is 1.93. The summed E-state index contributed by atoms with van der Waals surface area (Å²) in [5.74, 6) is 5.92. The molecule has 10 nitrogen and oxygen atoms in total. The van der Waals surface area contributed by atoms with E-state index in [4.69, 9.17) is 9.47 Å². The molecule has 10 heteroatoms. The SMILES string of the molecule is CC(C)(C)OC(=O)N1CCC[C@H]1C(=O)NC1=CC=C(C#Cc2ccc(NC(=O)[C@@H]3CCCN3C(=O)OC(C)(C)C)cc2)CC1. The van der Waals surface area contributed by atoms with Crippen molar-refractivity contribution in [3.63, 3.8) is 0 Å². The molecule has 0 spiro atoms. The summed E-state index contributed by atoms with van der Waals surface area (Å²) in [6, 6.07) is 6.16. The lowest BCUT2D eigenvalue weighted by molar-refractivity contribution is -0.124. The lowest BCUT2D eigenvalue weighted by atomic mass is 10.0. The lowest BCUT2D eigenvalue weighted by Crippen LogP contribution is -2.47. The predicted molar refractivity (Wildman–Crippen MR) is 167 cm³/mol. The molecule has 44 heavy (non-hydrogen) atoms. The number of likely N-dealkylation sites (tertiary alicyclic amines) is 2. The van der Waals surface area contributed by atoms with Crippen LogP contribution in [0.3, 0.4) is 0 Å². The molecule has 4 rings (SSSR count). The third kappa shape index (κ3) is 9.12. The quantitative estimate of drug-likeness (QED) is 0.439. The van der Waals surface area contributed by atoms with Crippen molar-refractivity contribution in [3.8, 4) is 11.8 Å². The smallest absolute Gasteiger partial charge is 0.410 e. The summed E-state index contributed by atoms with van der Waals surface area (Å²) >= 11 is 0. The molecular formula is C34H44N4O6. The average Bonchev–Trinajstić information content (AvgIpc) is 3.62. The zero-order chi connectivity index (χ0) is 32.1. The highest BCUT2D eigenvalue weighted by Gasteiger charge is 2.38. The van der Waals surface area contributed by atoms with Crippen LogP contribution in [0.25, 0.3) is 0 Å². The number of nitrogens with one attached hydrogen (secondary N) is 2. The molecule has 0 radical (unpaired) electrons. The number of benzene rings is 1. The van der Waals surface area contributed by atoms with Crippen molar-refractivity contribution in [1.29, 1.82) is 0 Å². The van der Waals surface area contributed by atoms with Crippen LogP contribution in [-0.2, 0) is 19.1 Å². The Hall–Kier alpha value is -4.26. The number of hydrogen-bond acceptors (Lipinski definition) is 6. The van der Waals surface area contributed by atoms with Crippen LogP contribution in [0.5, 0.6) is 0 Å². The van der Waals surface area contributed by atoms with E-state index in [9.17, 15) is 19.2 Å². The number of hydrogen-bond donors (Lipinski definition) is 2. The zero-order valence-corrected chi connectivity index (χ0v) is 26.6. The number of rotatable bonds is 4. The molecule has 2 fully saturated rings. The number of nitrogens with zero attached hydrogens (tertiary/aromatic N) is 2. The fraction of sp³-hybridized carbons (Fsp3) is 0.529. The molecule has 0 saturated carbocycles.